The first-order chi connectivity index (χ1) is 13.5. The van der Waals surface area contributed by atoms with Gasteiger partial charge in [-0.05, 0) is 48.5 Å². The van der Waals surface area contributed by atoms with Crippen molar-refractivity contribution in [2.24, 2.45) is 5.92 Å². The molecule has 1 saturated heterocycles. The lowest BCUT2D eigenvalue weighted by Gasteiger charge is -2.16. The van der Waals surface area contributed by atoms with Crippen molar-refractivity contribution in [1.29, 1.82) is 0 Å². The number of carbonyl (C=O) groups excluding carboxylic acids is 2. The van der Waals surface area contributed by atoms with Gasteiger partial charge < -0.3 is 24.8 Å². The number of rotatable bonds is 7. The quantitative estimate of drug-likeness (QED) is 0.758. The molecule has 0 aliphatic carbocycles. The van der Waals surface area contributed by atoms with E-state index in [0.29, 0.717) is 22.9 Å². The Bertz CT molecular complexity index is 863. The minimum atomic E-state index is -0.973. The topological polar surface area (TPSA) is 105 Å². The summed E-state index contributed by atoms with van der Waals surface area (Å²) in [6.45, 7) is -0.0201. The lowest BCUT2D eigenvalue weighted by molar-refractivity contribution is -0.141. The smallest absolute Gasteiger partial charge is 0.308 e. The molecule has 3 rings (SSSR count). The maximum absolute atomic E-state index is 12.0. The lowest BCUT2D eigenvalue weighted by atomic mass is 10.1. The van der Waals surface area contributed by atoms with Gasteiger partial charge in [0.1, 0.15) is 11.5 Å². The minimum absolute atomic E-state index is 0.000877. The molecule has 2 aromatic rings. The molecule has 2 aromatic carbocycles. The van der Waals surface area contributed by atoms with Gasteiger partial charge in [-0.15, -0.1) is 0 Å². The summed E-state index contributed by atoms with van der Waals surface area (Å²) in [4.78, 5) is 36.4. The molecule has 8 nitrogen and oxygen atoms in total. The number of anilines is 2. The Hall–Kier alpha value is -3.55. The number of hydrogen-bond acceptors (Lipinski definition) is 5. The van der Waals surface area contributed by atoms with Crippen LogP contribution >= 0.6 is 0 Å². The lowest BCUT2D eigenvalue weighted by Crippen LogP contribution is -2.25. The predicted molar refractivity (Wildman–Crippen MR) is 102 cm³/mol. The highest BCUT2D eigenvalue weighted by Crippen LogP contribution is 2.27. The number of nitrogens with one attached hydrogen (secondary N) is 1. The number of nitrogens with zero attached hydrogens (tertiary/aromatic N) is 1. The van der Waals surface area contributed by atoms with E-state index in [2.05, 4.69) is 5.32 Å². The Labute approximate surface area is 161 Å². The number of carbonyl (C=O) groups is 3. The van der Waals surface area contributed by atoms with Crippen LogP contribution in [0.15, 0.2) is 48.5 Å². The second-order valence-corrected chi connectivity index (χ2v) is 6.30. The van der Waals surface area contributed by atoms with Crippen molar-refractivity contribution < 1.29 is 29.0 Å². The number of aliphatic carboxylic acids is 1. The molecule has 0 spiro atoms. The van der Waals surface area contributed by atoms with Gasteiger partial charge in [0, 0.05) is 24.3 Å². The van der Waals surface area contributed by atoms with Crippen LogP contribution in [0.2, 0.25) is 0 Å². The summed E-state index contributed by atoms with van der Waals surface area (Å²) in [5.41, 5.74) is 1.23. The van der Waals surface area contributed by atoms with E-state index in [1.807, 2.05) is 0 Å². The van der Waals surface area contributed by atoms with E-state index in [4.69, 9.17) is 14.6 Å². The third-order valence-electron chi connectivity index (χ3n) is 4.37. The Morgan fingerprint density at radius 3 is 2.32 bits per heavy atom. The largest absolute Gasteiger partial charge is 0.497 e. The van der Waals surface area contributed by atoms with Gasteiger partial charge >= 0.3 is 5.97 Å². The molecule has 1 aliphatic heterocycles. The van der Waals surface area contributed by atoms with E-state index < -0.39 is 11.9 Å². The molecule has 1 atom stereocenters. The molecule has 0 radical (unpaired) electrons. The number of carboxylic acids is 1. The summed E-state index contributed by atoms with van der Waals surface area (Å²) in [7, 11) is 1.57. The zero-order valence-corrected chi connectivity index (χ0v) is 15.3. The number of hydrogen-bond donors (Lipinski definition) is 2. The Balaban J connectivity index is 1.52. The highest BCUT2D eigenvalue weighted by molar-refractivity contribution is 5.99. The van der Waals surface area contributed by atoms with Gasteiger partial charge in [-0.1, -0.05) is 0 Å². The SMILES string of the molecule is COc1ccc(NC(=O)COc2ccc(N3C[C@@H](C(=O)O)CC3=O)cc2)cc1. The molecule has 28 heavy (non-hydrogen) atoms. The van der Waals surface area contributed by atoms with Gasteiger partial charge in [-0.2, -0.15) is 0 Å². The Morgan fingerprint density at radius 2 is 1.75 bits per heavy atom. The van der Waals surface area contributed by atoms with Crippen molar-refractivity contribution in [3.05, 3.63) is 48.5 Å². The molecule has 1 heterocycles. The maximum Gasteiger partial charge on any atom is 0.308 e. The molecule has 146 valence electrons. The molecule has 2 amide bonds. The van der Waals surface area contributed by atoms with Crippen LogP contribution in [0.1, 0.15) is 6.42 Å². The summed E-state index contributed by atoms with van der Waals surface area (Å²) in [5, 5.41) is 11.8. The summed E-state index contributed by atoms with van der Waals surface area (Å²) >= 11 is 0. The molecule has 1 aliphatic rings. The molecular formula is C20H20N2O6. The van der Waals surface area contributed by atoms with Gasteiger partial charge in [-0.3, -0.25) is 14.4 Å². The first kappa shape index (κ1) is 19.2. The Morgan fingerprint density at radius 1 is 1.11 bits per heavy atom. The first-order valence-electron chi connectivity index (χ1n) is 8.66. The van der Waals surface area contributed by atoms with Crippen molar-refractivity contribution in [2.75, 3.05) is 30.5 Å². The van der Waals surface area contributed by atoms with Crippen molar-refractivity contribution in [3.63, 3.8) is 0 Å². The van der Waals surface area contributed by atoms with Crippen molar-refractivity contribution >= 4 is 29.2 Å². The molecule has 0 aromatic heterocycles. The van der Waals surface area contributed by atoms with E-state index in [1.165, 1.54) is 4.90 Å². The van der Waals surface area contributed by atoms with Crippen molar-refractivity contribution in [1.82, 2.24) is 0 Å². The van der Waals surface area contributed by atoms with E-state index >= 15 is 0 Å². The number of methoxy groups -OCH3 is 1. The summed E-state index contributed by atoms with van der Waals surface area (Å²) < 4.78 is 10.5. The fraction of sp³-hybridized carbons (Fsp3) is 0.250. The fourth-order valence-corrected chi connectivity index (χ4v) is 2.87. The highest BCUT2D eigenvalue weighted by Gasteiger charge is 2.34. The average molecular weight is 384 g/mol. The van der Waals surface area contributed by atoms with Crippen LogP contribution in [0.5, 0.6) is 11.5 Å². The van der Waals surface area contributed by atoms with E-state index in [0.717, 1.165) is 0 Å². The van der Waals surface area contributed by atoms with Crippen LogP contribution < -0.4 is 19.7 Å². The second kappa shape index (κ2) is 8.43. The van der Waals surface area contributed by atoms with Crippen LogP contribution in [-0.4, -0.2) is 43.2 Å². The van der Waals surface area contributed by atoms with E-state index in [-0.39, 0.29) is 31.4 Å². The number of benzene rings is 2. The zero-order valence-electron chi connectivity index (χ0n) is 15.3. The fourth-order valence-electron chi connectivity index (χ4n) is 2.87. The molecular weight excluding hydrogens is 364 g/mol. The molecule has 8 heteroatoms. The van der Waals surface area contributed by atoms with Crippen LogP contribution in [0.4, 0.5) is 11.4 Å². The predicted octanol–water partition coefficient (Wildman–Crippen LogP) is 2.15. The molecule has 1 fully saturated rings. The van der Waals surface area contributed by atoms with Crippen LogP contribution in [-0.2, 0) is 14.4 Å². The van der Waals surface area contributed by atoms with E-state index in [1.54, 1.807) is 55.6 Å². The average Bonchev–Trinajstić information content (AvgIpc) is 3.09. The second-order valence-electron chi connectivity index (χ2n) is 6.30. The summed E-state index contributed by atoms with van der Waals surface area (Å²) in [6, 6.07) is 13.5. The summed E-state index contributed by atoms with van der Waals surface area (Å²) in [5.74, 6) is -1.03. The van der Waals surface area contributed by atoms with Crippen molar-refractivity contribution in [2.45, 2.75) is 6.42 Å². The third-order valence-corrected chi connectivity index (χ3v) is 4.37. The third kappa shape index (κ3) is 4.59. The van der Waals surface area contributed by atoms with Crippen LogP contribution in [0.3, 0.4) is 0 Å². The van der Waals surface area contributed by atoms with Gasteiger partial charge in [0.25, 0.3) is 5.91 Å². The van der Waals surface area contributed by atoms with Gasteiger partial charge in [-0.25, -0.2) is 0 Å². The summed E-state index contributed by atoms with van der Waals surface area (Å²) in [6.07, 6.45) is -0.000877. The minimum Gasteiger partial charge on any atom is -0.497 e. The normalized spacial score (nSPS) is 16.0. The molecule has 0 saturated carbocycles. The molecule has 0 bridgehead atoms. The van der Waals surface area contributed by atoms with Crippen LogP contribution in [0.25, 0.3) is 0 Å². The first-order valence-corrected chi connectivity index (χ1v) is 8.66. The van der Waals surface area contributed by atoms with Crippen molar-refractivity contribution in [3.8, 4) is 11.5 Å². The number of ether oxygens (including phenoxy) is 2. The maximum atomic E-state index is 12.0. The highest BCUT2D eigenvalue weighted by atomic mass is 16.5. The van der Waals surface area contributed by atoms with Gasteiger partial charge in [0.15, 0.2) is 6.61 Å². The monoisotopic (exact) mass is 384 g/mol. The van der Waals surface area contributed by atoms with E-state index in [9.17, 15) is 14.4 Å². The molecule has 0 unspecified atom stereocenters. The number of carboxylic acid groups (broad SMARTS) is 1. The zero-order chi connectivity index (χ0) is 20.1. The van der Waals surface area contributed by atoms with Crippen LogP contribution in [0, 0.1) is 5.92 Å². The standard InChI is InChI=1S/C20H20N2O6/c1-27-16-6-2-14(3-7-16)21-18(23)12-28-17-8-4-15(5-9-17)22-11-13(20(25)26)10-19(22)24/h2-9,13H,10-12H2,1H3,(H,21,23)(H,25,26)/t13-/m0/s1. The Kier molecular flexibility index (Phi) is 5.78. The number of amides is 2. The molecule has 2 N–H and O–H groups in total. The van der Waals surface area contributed by atoms with Gasteiger partial charge in [0.2, 0.25) is 5.91 Å². The van der Waals surface area contributed by atoms with Gasteiger partial charge in [0.05, 0.1) is 13.0 Å².